The summed E-state index contributed by atoms with van der Waals surface area (Å²) in [6, 6.07) is 9.45. The minimum Gasteiger partial charge on any atom is -0.406 e. The summed E-state index contributed by atoms with van der Waals surface area (Å²) in [5, 5.41) is 4.78. The Morgan fingerprint density at radius 1 is 0.969 bits per heavy atom. The van der Waals surface area contributed by atoms with E-state index in [4.69, 9.17) is 34.8 Å². The molecule has 0 amide bonds. The van der Waals surface area contributed by atoms with Crippen molar-refractivity contribution in [3.8, 4) is 38.3 Å². The van der Waals surface area contributed by atoms with Crippen LogP contribution in [-0.2, 0) is 7.05 Å². The van der Waals surface area contributed by atoms with Crippen LogP contribution in [0.3, 0.4) is 0 Å². The first-order valence-electron chi connectivity index (χ1n) is 8.75. The average molecular weight is 523 g/mol. The van der Waals surface area contributed by atoms with E-state index in [9.17, 15) is 17.6 Å². The van der Waals surface area contributed by atoms with Crippen molar-refractivity contribution in [2.75, 3.05) is 0 Å². The lowest BCUT2D eigenvalue weighted by Crippen LogP contribution is -2.16. The van der Waals surface area contributed by atoms with Crippen molar-refractivity contribution in [3.63, 3.8) is 0 Å². The lowest BCUT2D eigenvalue weighted by atomic mass is 10.2. The Hall–Kier alpha value is -2.33. The second-order valence-electron chi connectivity index (χ2n) is 6.44. The van der Waals surface area contributed by atoms with Crippen LogP contribution >= 0.6 is 46.1 Å². The Morgan fingerprint density at radius 3 is 2.25 bits per heavy atom. The van der Waals surface area contributed by atoms with E-state index in [0.717, 1.165) is 0 Å². The number of hydrogen-bond donors (Lipinski definition) is 0. The highest BCUT2D eigenvalue weighted by Gasteiger charge is 2.31. The third kappa shape index (κ3) is 4.43. The number of aryl methyl sites for hydroxylation is 1. The first-order chi connectivity index (χ1) is 15.0. The number of ether oxygens (including phenoxy) is 1. The van der Waals surface area contributed by atoms with Gasteiger partial charge in [0.05, 0.1) is 30.4 Å². The van der Waals surface area contributed by atoms with Crippen LogP contribution in [0, 0.1) is 5.82 Å². The van der Waals surface area contributed by atoms with Gasteiger partial charge >= 0.3 is 6.36 Å². The molecule has 0 bridgehead atoms. The van der Waals surface area contributed by atoms with Crippen LogP contribution < -0.4 is 4.74 Å². The van der Waals surface area contributed by atoms with E-state index in [1.165, 1.54) is 58.5 Å². The van der Waals surface area contributed by atoms with Gasteiger partial charge in [-0.1, -0.05) is 40.9 Å². The lowest BCUT2D eigenvalue weighted by Gasteiger charge is -2.08. The smallest absolute Gasteiger partial charge is 0.406 e. The van der Waals surface area contributed by atoms with Gasteiger partial charge in [0.15, 0.2) is 11.6 Å². The summed E-state index contributed by atoms with van der Waals surface area (Å²) in [4.78, 5) is 5.35. The molecule has 0 spiro atoms. The van der Waals surface area contributed by atoms with Crippen molar-refractivity contribution in [3.05, 3.63) is 63.3 Å². The van der Waals surface area contributed by atoms with Gasteiger partial charge in [-0.25, -0.2) is 14.1 Å². The Labute approximate surface area is 197 Å². The van der Waals surface area contributed by atoms with Gasteiger partial charge in [0.1, 0.15) is 11.6 Å². The van der Waals surface area contributed by atoms with Crippen molar-refractivity contribution < 1.29 is 22.3 Å². The van der Waals surface area contributed by atoms with Crippen molar-refractivity contribution >= 4 is 46.1 Å². The predicted molar refractivity (Wildman–Crippen MR) is 117 cm³/mol. The van der Waals surface area contributed by atoms with Crippen molar-refractivity contribution in [1.82, 2.24) is 14.8 Å². The SMILES string of the molecule is Cn1nc(-c2c(F)cccc2Cl)nc1-c1sc(-c2ccc(OC(F)(F)F)cc2)c(Cl)c1Cl. The quantitative estimate of drug-likeness (QED) is 0.256. The van der Waals surface area contributed by atoms with Gasteiger partial charge < -0.3 is 4.74 Å². The molecule has 2 aromatic carbocycles. The van der Waals surface area contributed by atoms with E-state index >= 15 is 0 Å². The molecule has 4 nitrogen and oxygen atoms in total. The maximum atomic E-state index is 14.3. The Kier molecular flexibility index (Phi) is 6.10. The van der Waals surface area contributed by atoms with Gasteiger partial charge in [-0.05, 0) is 42.0 Å². The molecule has 2 aromatic heterocycles. The molecule has 0 N–H and O–H groups in total. The predicted octanol–water partition coefficient (Wildman–Crippen LogP) is 7.88. The molecule has 0 radical (unpaired) electrons. The molecule has 4 aromatic rings. The fraction of sp³-hybridized carbons (Fsp3) is 0.100. The lowest BCUT2D eigenvalue weighted by molar-refractivity contribution is -0.274. The molecule has 0 aliphatic heterocycles. The van der Waals surface area contributed by atoms with Crippen molar-refractivity contribution in [1.29, 1.82) is 0 Å². The summed E-state index contributed by atoms with van der Waals surface area (Å²) in [5.74, 6) is -0.548. The van der Waals surface area contributed by atoms with Crippen molar-refractivity contribution in [2.24, 2.45) is 7.05 Å². The van der Waals surface area contributed by atoms with Crippen LogP contribution in [0.2, 0.25) is 15.1 Å². The third-order valence-corrected chi connectivity index (χ3v) is 6.92. The molecule has 4 rings (SSSR count). The van der Waals surface area contributed by atoms with E-state index in [0.29, 0.717) is 21.1 Å². The molecular formula is C20H10Cl3F4N3OS. The molecule has 2 heterocycles. The maximum Gasteiger partial charge on any atom is 0.573 e. The minimum absolute atomic E-state index is 0.0512. The van der Waals surface area contributed by atoms with Crippen LogP contribution in [0.5, 0.6) is 5.75 Å². The van der Waals surface area contributed by atoms with Crippen LogP contribution in [0.1, 0.15) is 0 Å². The minimum atomic E-state index is -4.79. The molecule has 0 saturated carbocycles. The number of alkyl halides is 3. The van der Waals surface area contributed by atoms with Crippen LogP contribution in [0.25, 0.3) is 32.5 Å². The number of halogens is 7. The highest BCUT2D eigenvalue weighted by atomic mass is 35.5. The van der Waals surface area contributed by atoms with E-state index in [2.05, 4.69) is 14.8 Å². The number of thiophene rings is 1. The zero-order valence-corrected chi connectivity index (χ0v) is 18.9. The van der Waals surface area contributed by atoms with Crippen LogP contribution in [0.15, 0.2) is 42.5 Å². The molecule has 32 heavy (non-hydrogen) atoms. The summed E-state index contributed by atoms with van der Waals surface area (Å²) in [6.45, 7) is 0. The molecule has 0 aliphatic rings. The summed E-state index contributed by atoms with van der Waals surface area (Å²) in [7, 11) is 1.60. The third-order valence-electron chi connectivity index (χ3n) is 4.30. The largest absolute Gasteiger partial charge is 0.573 e. The first-order valence-corrected chi connectivity index (χ1v) is 10.7. The van der Waals surface area contributed by atoms with E-state index in [1.54, 1.807) is 7.05 Å². The second kappa shape index (κ2) is 8.55. The fourth-order valence-electron chi connectivity index (χ4n) is 2.93. The first kappa shape index (κ1) is 22.8. The van der Waals surface area contributed by atoms with Gasteiger partial charge in [-0.2, -0.15) is 5.10 Å². The molecule has 166 valence electrons. The van der Waals surface area contributed by atoms with E-state index in [-0.39, 0.29) is 32.2 Å². The number of nitrogens with zero attached hydrogens (tertiary/aromatic N) is 3. The average Bonchev–Trinajstić information content (AvgIpc) is 3.21. The van der Waals surface area contributed by atoms with Crippen LogP contribution in [-0.4, -0.2) is 21.1 Å². The molecule has 0 unspecified atom stereocenters. The molecule has 0 fully saturated rings. The van der Waals surface area contributed by atoms with E-state index < -0.39 is 12.2 Å². The molecule has 12 heteroatoms. The zero-order valence-electron chi connectivity index (χ0n) is 15.8. The Morgan fingerprint density at radius 2 is 1.62 bits per heavy atom. The van der Waals surface area contributed by atoms with Gasteiger partial charge in [-0.3, -0.25) is 0 Å². The highest BCUT2D eigenvalue weighted by molar-refractivity contribution is 7.20. The summed E-state index contributed by atoms with van der Waals surface area (Å²) in [6.07, 6.45) is -4.79. The topological polar surface area (TPSA) is 39.9 Å². The number of rotatable bonds is 4. The van der Waals surface area contributed by atoms with Gasteiger partial charge in [-0.15, -0.1) is 24.5 Å². The van der Waals surface area contributed by atoms with E-state index in [1.807, 2.05) is 0 Å². The maximum absolute atomic E-state index is 14.3. The molecule has 0 aliphatic carbocycles. The fourth-order valence-corrected chi connectivity index (χ4v) is 5.01. The Bertz CT molecular complexity index is 1280. The van der Waals surface area contributed by atoms with Gasteiger partial charge in [0.2, 0.25) is 0 Å². The molecule has 0 saturated heterocycles. The van der Waals surface area contributed by atoms with Crippen LogP contribution in [0.4, 0.5) is 17.6 Å². The number of benzene rings is 2. The number of aromatic nitrogens is 3. The van der Waals surface area contributed by atoms with Gasteiger partial charge in [0, 0.05) is 7.05 Å². The molecule has 0 atom stereocenters. The summed E-state index contributed by atoms with van der Waals surface area (Å²) in [5.41, 5.74) is 0.581. The second-order valence-corrected chi connectivity index (χ2v) is 8.62. The summed E-state index contributed by atoms with van der Waals surface area (Å²) >= 11 is 20.1. The highest BCUT2D eigenvalue weighted by Crippen LogP contribution is 2.48. The number of hydrogen-bond acceptors (Lipinski definition) is 4. The normalized spacial score (nSPS) is 11.8. The zero-order chi connectivity index (χ0) is 23.2. The van der Waals surface area contributed by atoms with Gasteiger partial charge in [0.25, 0.3) is 0 Å². The van der Waals surface area contributed by atoms with Crippen molar-refractivity contribution in [2.45, 2.75) is 6.36 Å². The Balaban J connectivity index is 1.73. The monoisotopic (exact) mass is 521 g/mol. The molecular weight excluding hydrogens is 513 g/mol. The summed E-state index contributed by atoms with van der Waals surface area (Å²) < 4.78 is 56.7. The standard InChI is InChI=1S/C20H10Cl3F4N3OS/c1-30-19(28-18(29-30)13-11(21)3-2-4-12(13)24)17-15(23)14(22)16(32-17)9-5-7-10(8-6-9)31-20(25,26)27/h2-8H,1H3.